The number of carboxylic acids is 1. The standard InChI is InChI=1S/C30H33F3O3.C3H6/c1-4-14-30(2,3)18-23-15-21(19-36-24-7-5-6-20(16-24)9-13-28(34)35)8-11-25(23)26-17-22(29(32)33)10-12-27(26)31;1-2-3-1/h5-8,10-12,15-17,29H,4,9,13-14,18-19H2,1-3H3,(H,34,35);1-3H2. The largest absolute Gasteiger partial charge is 0.489 e. The lowest BCUT2D eigenvalue weighted by molar-refractivity contribution is -0.136. The highest BCUT2D eigenvalue weighted by molar-refractivity contribution is 5.69. The number of alkyl halides is 2. The van der Waals surface area contributed by atoms with E-state index in [-0.39, 0.29) is 29.6 Å². The molecule has 0 spiro atoms. The van der Waals surface area contributed by atoms with Crippen LogP contribution in [0.4, 0.5) is 13.2 Å². The van der Waals surface area contributed by atoms with E-state index in [0.29, 0.717) is 24.2 Å². The first-order valence-corrected chi connectivity index (χ1v) is 13.7. The van der Waals surface area contributed by atoms with Crippen molar-refractivity contribution < 1.29 is 27.8 Å². The molecule has 39 heavy (non-hydrogen) atoms. The van der Waals surface area contributed by atoms with Crippen LogP contribution < -0.4 is 4.74 Å². The molecule has 1 aliphatic rings. The smallest absolute Gasteiger partial charge is 0.303 e. The Labute approximate surface area is 230 Å². The van der Waals surface area contributed by atoms with Crippen LogP contribution in [0.25, 0.3) is 11.1 Å². The van der Waals surface area contributed by atoms with Crippen LogP contribution in [0.15, 0.2) is 60.7 Å². The molecular weight excluding hydrogens is 501 g/mol. The van der Waals surface area contributed by atoms with Crippen LogP contribution in [0.3, 0.4) is 0 Å². The van der Waals surface area contributed by atoms with E-state index in [4.69, 9.17) is 9.84 Å². The van der Waals surface area contributed by atoms with Gasteiger partial charge in [0.25, 0.3) is 6.43 Å². The van der Waals surface area contributed by atoms with Gasteiger partial charge in [-0.25, -0.2) is 13.2 Å². The molecular formula is C33H39F3O3. The second kappa shape index (κ2) is 14.2. The summed E-state index contributed by atoms with van der Waals surface area (Å²) in [7, 11) is 0. The maximum atomic E-state index is 14.8. The summed E-state index contributed by atoms with van der Waals surface area (Å²) in [5, 5.41) is 8.91. The number of aliphatic carboxylic acids is 1. The third kappa shape index (κ3) is 10.1. The number of hydrogen-bond donors (Lipinski definition) is 1. The highest BCUT2D eigenvalue weighted by Gasteiger charge is 2.22. The molecule has 0 bridgehead atoms. The summed E-state index contributed by atoms with van der Waals surface area (Å²) in [6.45, 7) is 6.68. The van der Waals surface area contributed by atoms with E-state index < -0.39 is 18.2 Å². The summed E-state index contributed by atoms with van der Waals surface area (Å²) in [5.74, 6) is -0.753. The first-order valence-electron chi connectivity index (χ1n) is 13.7. The van der Waals surface area contributed by atoms with Crippen LogP contribution in [0.5, 0.6) is 5.75 Å². The molecule has 6 heteroatoms. The van der Waals surface area contributed by atoms with Gasteiger partial charge in [-0.3, -0.25) is 4.79 Å². The average Bonchev–Trinajstić information content (AvgIpc) is 3.77. The molecule has 0 unspecified atom stereocenters. The van der Waals surface area contributed by atoms with Crippen molar-refractivity contribution >= 4 is 5.97 Å². The molecule has 1 saturated carbocycles. The van der Waals surface area contributed by atoms with Crippen molar-refractivity contribution in [2.24, 2.45) is 5.41 Å². The number of halogens is 3. The van der Waals surface area contributed by atoms with Crippen LogP contribution >= 0.6 is 0 Å². The normalized spacial score (nSPS) is 12.6. The quantitative estimate of drug-likeness (QED) is 0.249. The SMILES string of the molecule is C1CC1.CCCC(C)(C)Cc1cc(COc2cccc(CCC(=O)O)c2)ccc1-c1cc(C(F)F)ccc1F. The molecule has 3 aromatic rings. The molecule has 0 saturated heterocycles. The van der Waals surface area contributed by atoms with Crippen molar-refractivity contribution in [3.05, 3.63) is 88.7 Å². The second-order valence-corrected chi connectivity index (χ2v) is 11.0. The van der Waals surface area contributed by atoms with Gasteiger partial charge >= 0.3 is 5.97 Å². The lowest BCUT2D eigenvalue weighted by atomic mass is 9.79. The maximum absolute atomic E-state index is 14.8. The molecule has 1 aliphatic carbocycles. The number of carbonyl (C=O) groups is 1. The fourth-order valence-electron chi connectivity index (χ4n) is 4.52. The Balaban J connectivity index is 0.00000131. The van der Waals surface area contributed by atoms with E-state index in [1.165, 1.54) is 25.3 Å². The Morgan fingerprint density at radius 2 is 1.72 bits per heavy atom. The molecule has 4 rings (SSSR count). The number of carboxylic acid groups (broad SMARTS) is 1. The topological polar surface area (TPSA) is 46.5 Å². The Morgan fingerprint density at radius 3 is 2.36 bits per heavy atom. The van der Waals surface area contributed by atoms with Crippen LogP contribution in [0.2, 0.25) is 0 Å². The van der Waals surface area contributed by atoms with Gasteiger partial charge in [0.1, 0.15) is 18.2 Å². The third-order valence-corrected chi connectivity index (χ3v) is 6.58. The number of ether oxygens (including phenoxy) is 1. The number of aryl methyl sites for hydroxylation is 1. The van der Waals surface area contributed by atoms with Crippen LogP contribution in [0.1, 0.15) is 88.0 Å². The molecule has 0 aromatic heterocycles. The van der Waals surface area contributed by atoms with Gasteiger partial charge in [0.15, 0.2) is 0 Å². The molecule has 0 radical (unpaired) electrons. The predicted molar refractivity (Wildman–Crippen MR) is 150 cm³/mol. The minimum atomic E-state index is -2.68. The van der Waals surface area contributed by atoms with Gasteiger partial charge < -0.3 is 9.84 Å². The molecule has 0 atom stereocenters. The summed E-state index contributed by atoms with van der Waals surface area (Å²) in [5.41, 5.74) is 3.16. The molecule has 1 fully saturated rings. The van der Waals surface area contributed by atoms with Crippen molar-refractivity contribution in [2.45, 2.75) is 85.2 Å². The molecule has 210 valence electrons. The number of rotatable bonds is 12. The molecule has 1 N–H and O–H groups in total. The fourth-order valence-corrected chi connectivity index (χ4v) is 4.52. The molecule has 0 heterocycles. The maximum Gasteiger partial charge on any atom is 0.303 e. The lowest BCUT2D eigenvalue weighted by Crippen LogP contribution is -2.15. The van der Waals surface area contributed by atoms with E-state index >= 15 is 0 Å². The Morgan fingerprint density at radius 1 is 0.974 bits per heavy atom. The van der Waals surface area contributed by atoms with Gasteiger partial charge in [0.05, 0.1) is 0 Å². The van der Waals surface area contributed by atoms with Gasteiger partial charge in [-0.05, 0) is 71.2 Å². The first-order chi connectivity index (χ1) is 18.6. The van der Waals surface area contributed by atoms with E-state index in [2.05, 4.69) is 20.8 Å². The van der Waals surface area contributed by atoms with Crippen molar-refractivity contribution in [2.75, 3.05) is 0 Å². The van der Waals surface area contributed by atoms with Crippen molar-refractivity contribution in [1.29, 1.82) is 0 Å². The highest BCUT2D eigenvalue weighted by Crippen LogP contribution is 2.36. The minimum absolute atomic E-state index is 0.0468. The molecule has 3 aromatic carbocycles. The van der Waals surface area contributed by atoms with E-state index in [0.717, 1.165) is 41.7 Å². The zero-order chi connectivity index (χ0) is 28.4. The Bertz CT molecular complexity index is 1230. The van der Waals surface area contributed by atoms with Gasteiger partial charge in [-0.15, -0.1) is 0 Å². The Kier molecular flexibility index (Phi) is 11.0. The van der Waals surface area contributed by atoms with Gasteiger partial charge in [0.2, 0.25) is 0 Å². The second-order valence-electron chi connectivity index (χ2n) is 11.0. The fraction of sp³-hybridized carbons (Fsp3) is 0.424. The average molecular weight is 541 g/mol. The number of hydrogen-bond acceptors (Lipinski definition) is 2. The van der Waals surface area contributed by atoms with Crippen molar-refractivity contribution in [1.82, 2.24) is 0 Å². The lowest BCUT2D eigenvalue weighted by Gasteiger charge is -2.26. The van der Waals surface area contributed by atoms with E-state index in [1.807, 2.05) is 36.4 Å². The predicted octanol–water partition coefficient (Wildman–Crippen LogP) is 9.57. The Hall–Kier alpha value is -3.28. The van der Waals surface area contributed by atoms with Crippen LogP contribution in [-0.4, -0.2) is 11.1 Å². The highest BCUT2D eigenvalue weighted by atomic mass is 19.3. The summed E-state index contributed by atoms with van der Waals surface area (Å²) in [6, 6.07) is 16.4. The van der Waals surface area contributed by atoms with Gasteiger partial charge in [0, 0.05) is 17.5 Å². The number of benzene rings is 3. The molecule has 3 nitrogen and oxygen atoms in total. The third-order valence-electron chi connectivity index (χ3n) is 6.58. The summed E-state index contributed by atoms with van der Waals surface area (Å²) >= 11 is 0. The summed E-state index contributed by atoms with van der Waals surface area (Å²) in [4.78, 5) is 10.9. The van der Waals surface area contributed by atoms with Crippen LogP contribution in [0, 0.1) is 11.2 Å². The summed E-state index contributed by atoms with van der Waals surface area (Å²) in [6.07, 6.45) is 4.91. The summed E-state index contributed by atoms with van der Waals surface area (Å²) < 4.78 is 47.4. The molecule has 0 aliphatic heterocycles. The monoisotopic (exact) mass is 540 g/mol. The van der Waals surface area contributed by atoms with E-state index in [9.17, 15) is 18.0 Å². The minimum Gasteiger partial charge on any atom is -0.489 e. The van der Waals surface area contributed by atoms with E-state index in [1.54, 1.807) is 6.07 Å². The zero-order valence-electron chi connectivity index (χ0n) is 23.1. The zero-order valence-corrected chi connectivity index (χ0v) is 23.1. The van der Waals surface area contributed by atoms with Crippen LogP contribution in [-0.2, 0) is 24.2 Å². The first kappa shape index (κ1) is 30.3. The van der Waals surface area contributed by atoms with Gasteiger partial charge in [-0.1, -0.05) is 82.9 Å². The van der Waals surface area contributed by atoms with Crippen molar-refractivity contribution in [3.63, 3.8) is 0 Å². The molecule has 0 amide bonds. The van der Waals surface area contributed by atoms with Crippen molar-refractivity contribution in [3.8, 4) is 16.9 Å². The van der Waals surface area contributed by atoms with Gasteiger partial charge in [-0.2, -0.15) is 0 Å².